The average Bonchev–Trinajstić information content (AvgIpc) is 3.05. The van der Waals surface area contributed by atoms with Gasteiger partial charge in [-0.15, -0.1) is 0 Å². The van der Waals surface area contributed by atoms with Crippen LogP contribution in [0.1, 0.15) is 25.7 Å². The van der Waals surface area contributed by atoms with Crippen molar-refractivity contribution in [2.75, 3.05) is 6.61 Å². The lowest BCUT2D eigenvalue weighted by atomic mass is 10.2. The SMILES string of the molecule is C=C(Cc1nc(-c2ccc(OCCCC)cc2)no1)/C(=N/N)NN. The van der Waals surface area contributed by atoms with E-state index in [-0.39, 0.29) is 5.84 Å². The van der Waals surface area contributed by atoms with Gasteiger partial charge in [0.1, 0.15) is 5.75 Å². The molecule has 0 radical (unpaired) electrons. The Hall–Kier alpha value is -2.87. The van der Waals surface area contributed by atoms with Crippen molar-refractivity contribution in [1.82, 2.24) is 15.6 Å². The number of nitrogens with one attached hydrogen (secondary N) is 1. The second-order valence-corrected chi connectivity index (χ2v) is 5.14. The highest BCUT2D eigenvalue weighted by atomic mass is 16.5. The Morgan fingerprint density at radius 2 is 2.12 bits per heavy atom. The van der Waals surface area contributed by atoms with E-state index < -0.39 is 0 Å². The first kappa shape index (κ1) is 17.5. The van der Waals surface area contributed by atoms with Gasteiger partial charge in [0.25, 0.3) is 0 Å². The molecule has 2 rings (SSSR count). The van der Waals surface area contributed by atoms with Crippen LogP contribution in [0, 0.1) is 0 Å². The number of rotatable bonds is 8. The van der Waals surface area contributed by atoms with E-state index in [2.05, 4.69) is 34.2 Å². The fraction of sp³-hybridized carbons (Fsp3) is 0.312. The molecule has 0 spiro atoms. The number of hydrazone groups is 1. The Morgan fingerprint density at radius 3 is 2.75 bits per heavy atom. The molecule has 0 saturated carbocycles. The molecule has 0 fully saturated rings. The molecule has 5 N–H and O–H groups in total. The monoisotopic (exact) mass is 330 g/mol. The van der Waals surface area contributed by atoms with Crippen LogP contribution < -0.4 is 21.8 Å². The Kier molecular flexibility index (Phi) is 6.32. The van der Waals surface area contributed by atoms with E-state index in [1.54, 1.807) is 0 Å². The fourth-order valence-electron chi connectivity index (χ4n) is 1.98. The van der Waals surface area contributed by atoms with E-state index in [1.165, 1.54) is 0 Å². The topological polar surface area (TPSA) is 125 Å². The van der Waals surface area contributed by atoms with Crippen molar-refractivity contribution in [3.8, 4) is 17.1 Å². The van der Waals surface area contributed by atoms with Gasteiger partial charge in [-0.3, -0.25) is 0 Å². The second kappa shape index (κ2) is 8.68. The number of unbranched alkanes of at least 4 members (excludes halogenated alkanes) is 1. The first-order valence-electron chi connectivity index (χ1n) is 7.66. The summed E-state index contributed by atoms with van der Waals surface area (Å²) in [5.41, 5.74) is 3.75. The predicted molar refractivity (Wildman–Crippen MR) is 91.9 cm³/mol. The van der Waals surface area contributed by atoms with Crippen molar-refractivity contribution in [3.05, 3.63) is 42.3 Å². The Labute approximate surface area is 140 Å². The quantitative estimate of drug-likeness (QED) is 0.221. The molecule has 24 heavy (non-hydrogen) atoms. The Balaban J connectivity index is 2.01. The number of hydrogen-bond acceptors (Lipinski definition) is 7. The third-order valence-corrected chi connectivity index (χ3v) is 3.31. The maximum atomic E-state index is 5.63. The van der Waals surface area contributed by atoms with Crippen LogP contribution in [0.5, 0.6) is 5.75 Å². The molecule has 0 atom stereocenters. The smallest absolute Gasteiger partial charge is 0.231 e. The van der Waals surface area contributed by atoms with Crippen LogP contribution in [0.15, 0.2) is 46.0 Å². The number of nitrogens with zero attached hydrogens (tertiary/aromatic N) is 3. The summed E-state index contributed by atoms with van der Waals surface area (Å²) in [5, 5.41) is 7.45. The zero-order chi connectivity index (χ0) is 17.4. The number of hydrogen-bond donors (Lipinski definition) is 3. The summed E-state index contributed by atoms with van der Waals surface area (Å²) in [6.45, 7) is 6.66. The van der Waals surface area contributed by atoms with Crippen LogP contribution in [0.4, 0.5) is 0 Å². The van der Waals surface area contributed by atoms with E-state index in [4.69, 9.17) is 20.9 Å². The molecule has 0 unspecified atom stereocenters. The van der Waals surface area contributed by atoms with Crippen LogP contribution in [-0.4, -0.2) is 22.6 Å². The van der Waals surface area contributed by atoms with Gasteiger partial charge in [0.05, 0.1) is 13.0 Å². The summed E-state index contributed by atoms with van der Waals surface area (Å²) in [4.78, 5) is 4.33. The van der Waals surface area contributed by atoms with E-state index >= 15 is 0 Å². The molecule has 2 aromatic rings. The lowest BCUT2D eigenvalue weighted by molar-refractivity contribution is 0.309. The van der Waals surface area contributed by atoms with Gasteiger partial charge in [-0.2, -0.15) is 10.1 Å². The number of ether oxygens (including phenoxy) is 1. The van der Waals surface area contributed by atoms with Gasteiger partial charge in [-0.25, -0.2) is 5.84 Å². The third-order valence-electron chi connectivity index (χ3n) is 3.31. The summed E-state index contributed by atoms with van der Waals surface area (Å²) >= 11 is 0. The van der Waals surface area contributed by atoms with Crippen molar-refractivity contribution in [1.29, 1.82) is 0 Å². The van der Waals surface area contributed by atoms with E-state index in [9.17, 15) is 0 Å². The van der Waals surface area contributed by atoms with Gasteiger partial charge in [-0.1, -0.05) is 25.1 Å². The number of aromatic nitrogens is 2. The molecule has 128 valence electrons. The van der Waals surface area contributed by atoms with Crippen LogP contribution in [-0.2, 0) is 6.42 Å². The van der Waals surface area contributed by atoms with Crippen molar-refractivity contribution in [2.24, 2.45) is 16.8 Å². The Bertz CT molecular complexity index is 693. The largest absolute Gasteiger partial charge is 0.494 e. The van der Waals surface area contributed by atoms with Crippen molar-refractivity contribution in [2.45, 2.75) is 26.2 Å². The van der Waals surface area contributed by atoms with Crippen LogP contribution in [0.2, 0.25) is 0 Å². The molecule has 8 heteroatoms. The van der Waals surface area contributed by atoms with Gasteiger partial charge in [0, 0.05) is 5.56 Å². The lowest BCUT2D eigenvalue weighted by Gasteiger charge is -2.05. The third kappa shape index (κ3) is 4.56. The summed E-state index contributed by atoms with van der Waals surface area (Å²) < 4.78 is 10.8. The van der Waals surface area contributed by atoms with Crippen molar-refractivity contribution >= 4 is 5.84 Å². The molecule has 1 aromatic carbocycles. The van der Waals surface area contributed by atoms with E-state index in [0.29, 0.717) is 30.3 Å². The zero-order valence-electron chi connectivity index (χ0n) is 13.7. The van der Waals surface area contributed by atoms with Gasteiger partial charge < -0.3 is 20.5 Å². The molecule has 0 aliphatic rings. The first-order valence-corrected chi connectivity index (χ1v) is 7.66. The van der Waals surface area contributed by atoms with E-state index in [0.717, 1.165) is 24.2 Å². The minimum Gasteiger partial charge on any atom is -0.494 e. The highest BCUT2D eigenvalue weighted by Gasteiger charge is 2.12. The van der Waals surface area contributed by atoms with Crippen molar-refractivity contribution < 1.29 is 9.26 Å². The van der Waals surface area contributed by atoms with Gasteiger partial charge in [-0.05, 0) is 36.3 Å². The summed E-state index contributed by atoms with van der Waals surface area (Å²) in [5.74, 6) is 12.5. The van der Waals surface area contributed by atoms with Crippen LogP contribution >= 0.6 is 0 Å². The molecule has 0 saturated heterocycles. The molecule has 0 bridgehead atoms. The van der Waals surface area contributed by atoms with E-state index in [1.807, 2.05) is 24.3 Å². The predicted octanol–water partition coefficient (Wildman–Crippen LogP) is 1.75. The van der Waals surface area contributed by atoms with Crippen molar-refractivity contribution in [3.63, 3.8) is 0 Å². The molecule has 0 amide bonds. The highest BCUT2D eigenvalue weighted by Crippen LogP contribution is 2.20. The van der Waals surface area contributed by atoms with Gasteiger partial charge >= 0.3 is 0 Å². The molecular formula is C16H22N6O2. The highest BCUT2D eigenvalue weighted by molar-refractivity contribution is 5.97. The zero-order valence-corrected chi connectivity index (χ0v) is 13.7. The second-order valence-electron chi connectivity index (χ2n) is 5.14. The maximum Gasteiger partial charge on any atom is 0.231 e. The lowest BCUT2D eigenvalue weighted by Crippen LogP contribution is -2.33. The Morgan fingerprint density at radius 1 is 1.38 bits per heavy atom. The molecule has 1 aromatic heterocycles. The molecule has 0 aliphatic heterocycles. The van der Waals surface area contributed by atoms with Crippen LogP contribution in [0.3, 0.4) is 0 Å². The summed E-state index contributed by atoms with van der Waals surface area (Å²) in [6, 6.07) is 7.55. The fourth-order valence-corrected chi connectivity index (χ4v) is 1.98. The normalized spacial score (nSPS) is 11.3. The minimum atomic E-state index is 0.281. The minimum absolute atomic E-state index is 0.281. The average molecular weight is 330 g/mol. The number of nitrogens with two attached hydrogens (primary N) is 2. The molecule has 0 aliphatic carbocycles. The summed E-state index contributed by atoms with van der Waals surface area (Å²) in [7, 11) is 0. The maximum absolute atomic E-state index is 5.63. The molecular weight excluding hydrogens is 308 g/mol. The number of benzene rings is 1. The van der Waals surface area contributed by atoms with Gasteiger partial charge in [0.15, 0.2) is 5.84 Å². The summed E-state index contributed by atoms with van der Waals surface area (Å²) in [6.07, 6.45) is 2.43. The standard InChI is InChI=1S/C16H22N6O2/c1-3-4-9-23-13-7-5-12(6-8-13)16-19-14(24-22-16)10-11(2)15(20-17)21-18/h5-8H,2-4,9-10,17-18H2,1H3,(H,20,21). The molecule has 8 nitrogen and oxygen atoms in total. The first-order chi connectivity index (χ1) is 11.7. The number of amidine groups is 1. The molecule has 1 heterocycles. The van der Waals surface area contributed by atoms with Crippen LogP contribution in [0.25, 0.3) is 11.4 Å². The van der Waals surface area contributed by atoms with Gasteiger partial charge in [0.2, 0.25) is 11.7 Å². The number of hydrazine groups is 1.